The monoisotopic (exact) mass is 481 g/mol. The molecule has 0 bridgehead atoms. The van der Waals surface area contributed by atoms with Crippen molar-refractivity contribution >= 4 is 52.1 Å². The van der Waals surface area contributed by atoms with Crippen LogP contribution in [0.4, 0.5) is 11.4 Å². The smallest absolute Gasteiger partial charge is 0.265 e. The van der Waals surface area contributed by atoms with Crippen LogP contribution in [-0.4, -0.2) is 23.0 Å². The Morgan fingerprint density at radius 3 is 2.21 bits per heavy atom. The Bertz CT molecular complexity index is 1150. The van der Waals surface area contributed by atoms with Crippen molar-refractivity contribution in [1.82, 2.24) is 5.32 Å². The second-order valence-electron chi connectivity index (χ2n) is 7.36. The van der Waals surface area contributed by atoms with Crippen LogP contribution in [0.1, 0.15) is 18.1 Å². The van der Waals surface area contributed by atoms with E-state index in [2.05, 4.69) is 16.0 Å². The zero-order chi connectivity index (χ0) is 23.8. The average molecular weight is 482 g/mol. The molecule has 0 saturated heterocycles. The topological polar surface area (TPSA) is 79.5 Å². The number of anilines is 2. The Balaban J connectivity index is 1.48. The lowest BCUT2D eigenvalue weighted by Crippen LogP contribution is -2.35. The first-order valence-corrected chi connectivity index (χ1v) is 11.1. The number of para-hydroxylation sites is 1. The van der Waals surface area contributed by atoms with Gasteiger partial charge in [0.05, 0.1) is 11.4 Å². The molecule has 1 atom stereocenters. The first kappa shape index (κ1) is 24.2. The first-order valence-electron chi connectivity index (χ1n) is 10.3. The van der Waals surface area contributed by atoms with Gasteiger partial charge in [0.25, 0.3) is 5.91 Å². The number of aryl methyl sites for hydroxylation is 1. The molecule has 33 heavy (non-hydrogen) atoms. The molecule has 0 aliphatic carbocycles. The molecule has 170 valence electrons. The van der Waals surface area contributed by atoms with Gasteiger partial charge < -0.3 is 20.7 Å². The summed E-state index contributed by atoms with van der Waals surface area (Å²) >= 11 is 11.3. The van der Waals surface area contributed by atoms with Gasteiger partial charge in [-0.25, -0.2) is 0 Å². The predicted molar refractivity (Wildman–Crippen MR) is 136 cm³/mol. The summed E-state index contributed by atoms with van der Waals surface area (Å²) < 4.78 is 5.63. The molecule has 0 spiro atoms. The van der Waals surface area contributed by atoms with Crippen LogP contribution in [0, 0.1) is 6.92 Å². The molecule has 0 saturated carbocycles. The van der Waals surface area contributed by atoms with E-state index in [1.165, 1.54) is 0 Å². The third kappa shape index (κ3) is 7.30. The van der Waals surface area contributed by atoms with E-state index in [-0.39, 0.29) is 23.3 Å². The molecule has 3 aromatic rings. The predicted octanol–water partition coefficient (Wildman–Crippen LogP) is 5.11. The zero-order valence-corrected chi connectivity index (χ0v) is 19.8. The van der Waals surface area contributed by atoms with Gasteiger partial charge in [-0.3, -0.25) is 9.59 Å². The molecule has 3 N–H and O–H groups in total. The summed E-state index contributed by atoms with van der Waals surface area (Å²) in [6.45, 7) is 3.61. The quantitative estimate of drug-likeness (QED) is 0.409. The summed E-state index contributed by atoms with van der Waals surface area (Å²) in [7, 11) is 0. The van der Waals surface area contributed by atoms with Crippen LogP contribution in [0.2, 0.25) is 5.02 Å². The van der Waals surface area contributed by atoms with Crippen molar-refractivity contribution in [3.8, 4) is 5.75 Å². The van der Waals surface area contributed by atoms with Gasteiger partial charge in [0.15, 0.2) is 11.2 Å². The van der Waals surface area contributed by atoms with E-state index < -0.39 is 6.10 Å². The number of hydrogen-bond donors (Lipinski definition) is 3. The van der Waals surface area contributed by atoms with Crippen molar-refractivity contribution < 1.29 is 14.3 Å². The number of nitrogens with one attached hydrogen (secondary N) is 3. The molecule has 8 heteroatoms. The second-order valence-corrected chi connectivity index (χ2v) is 8.18. The van der Waals surface area contributed by atoms with E-state index in [0.29, 0.717) is 22.1 Å². The van der Waals surface area contributed by atoms with Crippen LogP contribution in [0.3, 0.4) is 0 Å². The maximum Gasteiger partial charge on any atom is 0.265 e. The van der Waals surface area contributed by atoms with Crippen molar-refractivity contribution in [1.29, 1.82) is 0 Å². The van der Waals surface area contributed by atoms with Gasteiger partial charge in [-0.05, 0) is 73.6 Å². The molecular weight excluding hydrogens is 458 g/mol. The highest BCUT2D eigenvalue weighted by atomic mass is 35.5. The molecule has 0 aliphatic rings. The number of ether oxygens (including phenoxy) is 1. The fourth-order valence-electron chi connectivity index (χ4n) is 2.98. The summed E-state index contributed by atoms with van der Waals surface area (Å²) in [5.41, 5.74) is 3.27. The molecular formula is C25H24ClN3O3S. The lowest BCUT2D eigenvalue weighted by molar-refractivity contribution is -0.122. The summed E-state index contributed by atoms with van der Waals surface area (Å²) in [6.07, 6.45) is -0.493. The third-order valence-corrected chi connectivity index (χ3v) is 5.30. The molecule has 3 aromatic carbocycles. The molecule has 0 radical (unpaired) electrons. The van der Waals surface area contributed by atoms with Crippen molar-refractivity contribution in [3.63, 3.8) is 0 Å². The van der Waals surface area contributed by atoms with Gasteiger partial charge in [-0.1, -0.05) is 48.0 Å². The largest absolute Gasteiger partial charge is 0.479 e. The third-order valence-electron chi connectivity index (χ3n) is 4.79. The maximum absolute atomic E-state index is 12.4. The Morgan fingerprint density at radius 1 is 0.939 bits per heavy atom. The van der Waals surface area contributed by atoms with Crippen LogP contribution in [0.25, 0.3) is 0 Å². The SMILES string of the molecule is Cc1ccccc1CC(=O)NC(=S)Nc1ccc(NC(=O)C(C)Oc2ccccc2Cl)cc1. The lowest BCUT2D eigenvalue weighted by atomic mass is 10.1. The summed E-state index contributed by atoms with van der Waals surface area (Å²) in [4.78, 5) is 24.7. The molecule has 3 rings (SSSR count). The maximum atomic E-state index is 12.4. The van der Waals surface area contributed by atoms with Crippen LogP contribution in [0.15, 0.2) is 72.8 Å². The minimum absolute atomic E-state index is 0.196. The number of carbonyl (C=O) groups is 2. The average Bonchev–Trinajstić information content (AvgIpc) is 2.78. The number of halogens is 1. The second kappa shape index (κ2) is 11.4. The Labute approximate surface area is 203 Å². The summed E-state index contributed by atoms with van der Waals surface area (Å²) in [5, 5.41) is 9.07. The highest BCUT2D eigenvalue weighted by Gasteiger charge is 2.16. The molecule has 0 heterocycles. The Morgan fingerprint density at radius 2 is 1.55 bits per heavy atom. The van der Waals surface area contributed by atoms with Gasteiger partial charge in [0, 0.05) is 11.4 Å². The van der Waals surface area contributed by atoms with Crippen molar-refractivity contribution in [2.75, 3.05) is 10.6 Å². The van der Waals surface area contributed by atoms with Crippen molar-refractivity contribution in [2.24, 2.45) is 0 Å². The highest BCUT2D eigenvalue weighted by Crippen LogP contribution is 2.24. The molecule has 0 aliphatic heterocycles. The number of carbonyl (C=O) groups excluding carboxylic acids is 2. The molecule has 0 aromatic heterocycles. The minimum Gasteiger partial charge on any atom is -0.479 e. The van der Waals surface area contributed by atoms with Crippen LogP contribution in [-0.2, 0) is 16.0 Å². The van der Waals surface area contributed by atoms with E-state index >= 15 is 0 Å². The van der Waals surface area contributed by atoms with Gasteiger partial charge >= 0.3 is 0 Å². The fraction of sp³-hybridized carbons (Fsp3) is 0.160. The van der Waals surface area contributed by atoms with Crippen LogP contribution < -0.4 is 20.7 Å². The van der Waals surface area contributed by atoms with E-state index in [9.17, 15) is 9.59 Å². The number of rotatable bonds is 7. The van der Waals surface area contributed by atoms with E-state index in [1.54, 1.807) is 55.5 Å². The molecule has 1 unspecified atom stereocenters. The standard InChI is InChI=1S/C25H24ClN3O3S/c1-16-7-3-4-8-18(16)15-23(30)29-25(33)28-20-13-11-19(12-14-20)27-24(31)17(2)32-22-10-6-5-9-21(22)26/h3-14,17H,15H2,1-2H3,(H,27,31)(H2,28,29,30,33). The lowest BCUT2D eigenvalue weighted by Gasteiger charge is -2.16. The fourth-order valence-corrected chi connectivity index (χ4v) is 3.39. The minimum atomic E-state index is -0.737. The zero-order valence-electron chi connectivity index (χ0n) is 18.2. The van der Waals surface area contributed by atoms with Crippen LogP contribution >= 0.6 is 23.8 Å². The van der Waals surface area contributed by atoms with Crippen molar-refractivity contribution in [2.45, 2.75) is 26.4 Å². The summed E-state index contributed by atoms with van der Waals surface area (Å²) in [6, 6.07) is 21.6. The van der Waals surface area contributed by atoms with Gasteiger partial charge in [-0.15, -0.1) is 0 Å². The number of hydrogen-bond acceptors (Lipinski definition) is 4. The number of thiocarbonyl (C=S) groups is 1. The normalized spacial score (nSPS) is 11.2. The highest BCUT2D eigenvalue weighted by molar-refractivity contribution is 7.80. The van der Waals surface area contributed by atoms with E-state index in [4.69, 9.17) is 28.6 Å². The van der Waals surface area contributed by atoms with Gasteiger partial charge in [0.2, 0.25) is 5.91 Å². The van der Waals surface area contributed by atoms with Gasteiger partial charge in [0.1, 0.15) is 5.75 Å². The molecule has 6 nitrogen and oxygen atoms in total. The number of benzene rings is 3. The van der Waals surface area contributed by atoms with E-state index in [0.717, 1.165) is 11.1 Å². The summed E-state index contributed by atoms with van der Waals surface area (Å²) in [5.74, 6) is -0.0628. The number of amides is 2. The van der Waals surface area contributed by atoms with Crippen LogP contribution in [0.5, 0.6) is 5.75 Å². The molecule has 0 fully saturated rings. The molecule has 2 amide bonds. The first-order chi connectivity index (χ1) is 15.8. The van der Waals surface area contributed by atoms with Crippen molar-refractivity contribution in [3.05, 3.63) is 88.9 Å². The van der Waals surface area contributed by atoms with Gasteiger partial charge in [-0.2, -0.15) is 0 Å². The van der Waals surface area contributed by atoms with E-state index in [1.807, 2.05) is 31.2 Å². The Kier molecular flexibility index (Phi) is 8.40. The Hall–Kier alpha value is -3.42.